The van der Waals surface area contributed by atoms with Crippen LogP contribution >= 0.6 is 0 Å². The minimum Gasteiger partial charge on any atom is -0.308 e. The Hall–Kier alpha value is -3.29. The highest BCUT2D eigenvalue weighted by Crippen LogP contribution is 2.33. The summed E-state index contributed by atoms with van der Waals surface area (Å²) >= 11 is 0. The molecule has 8 nitrogen and oxygen atoms in total. The first-order chi connectivity index (χ1) is 12.3. The van der Waals surface area contributed by atoms with Gasteiger partial charge in [0, 0.05) is 23.9 Å². The number of carbonyl (C=O) groups is 1. The molecule has 3 rings (SSSR count). The van der Waals surface area contributed by atoms with Crippen LogP contribution < -0.4 is 4.90 Å². The summed E-state index contributed by atoms with van der Waals surface area (Å²) in [6.07, 6.45) is 1.60. The van der Waals surface area contributed by atoms with Crippen LogP contribution in [0.1, 0.15) is 33.5 Å². The summed E-state index contributed by atoms with van der Waals surface area (Å²) in [4.78, 5) is 35.6. The maximum absolute atomic E-state index is 13.1. The molecule has 1 aliphatic heterocycles. The van der Waals surface area contributed by atoms with Gasteiger partial charge in [-0.15, -0.1) is 0 Å². The first kappa shape index (κ1) is 17.5. The van der Waals surface area contributed by atoms with Crippen molar-refractivity contribution in [3.63, 3.8) is 0 Å². The molecule has 0 aliphatic carbocycles. The topological polar surface area (TPSA) is 107 Å². The van der Waals surface area contributed by atoms with Gasteiger partial charge in [0.1, 0.15) is 0 Å². The Balaban J connectivity index is 2.12. The van der Waals surface area contributed by atoms with Gasteiger partial charge >= 0.3 is 0 Å². The second-order valence-electron chi connectivity index (χ2n) is 6.34. The average molecular weight is 355 g/mol. The van der Waals surface area contributed by atoms with Gasteiger partial charge in [0.25, 0.3) is 17.3 Å². The number of hydrogen-bond donors (Lipinski definition) is 0. The van der Waals surface area contributed by atoms with Crippen LogP contribution in [0, 0.1) is 34.1 Å². The molecule has 0 saturated carbocycles. The van der Waals surface area contributed by atoms with Crippen LogP contribution in [0.5, 0.6) is 0 Å². The van der Waals surface area contributed by atoms with E-state index in [-0.39, 0.29) is 11.1 Å². The lowest BCUT2D eigenvalue weighted by Gasteiger charge is -2.30. The number of aryl methyl sites for hydroxylation is 2. The van der Waals surface area contributed by atoms with E-state index in [1.165, 1.54) is 6.92 Å². The van der Waals surface area contributed by atoms with Crippen LogP contribution in [-0.2, 0) is 6.42 Å². The molecular formula is C18H17N3O5. The Labute approximate surface area is 149 Å². The number of anilines is 1. The lowest BCUT2D eigenvalue weighted by atomic mass is 9.97. The van der Waals surface area contributed by atoms with Crippen molar-refractivity contribution in [2.45, 2.75) is 26.7 Å². The molecule has 1 aliphatic rings. The fourth-order valence-corrected chi connectivity index (χ4v) is 3.28. The number of fused-ring (bicyclic) bond motifs is 1. The molecule has 134 valence electrons. The fourth-order valence-electron chi connectivity index (χ4n) is 3.28. The van der Waals surface area contributed by atoms with E-state index in [9.17, 15) is 25.0 Å². The molecular weight excluding hydrogens is 338 g/mol. The predicted molar refractivity (Wildman–Crippen MR) is 95.7 cm³/mol. The maximum atomic E-state index is 13.1. The van der Waals surface area contributed by atoms with Gasteiger partial charge in [-0.05, 0) is 38.3 Å². The number of rotatable bonds is 3. The van der Waals surface area contributed by atoms with E-state index in [2.05, 4.69) is 0 Å². The van der Waals surface area contributed by atoms with Crippen molar-refractivity contribution >= 4 is 23.0 Å². The molecule has 0 saturated heterocycles. The van der Waals surface area contributed by atoms with E-state index in [0.717, 1.165) is 41.8 Å². The molecule has 1 heterocycles. The van der Waals surface area contributed by atoms with Crippen molar-refractivity contribution in [1.82, 2.24) is 0 Å². The second kappa shape index (κ2) is 6.55. The second-order valence-corrected chi connectivity index (χ2v) is 6.34. The number of hydrogen-bond acceptors (Lipinski definition) is 5. The summed E-state index contributed by atoms with van der Waals surface area (Å²) < 4.78 is 0. The van der Waals surface area contributed by atoms with Crippen molar-refractivity contribution in [1.29, 1.82) is 0 Å². The Kier molecular flexibility index (Phi) is 4.41. The SMILES string of the molecule is Cc1ccc2c(c1)CCCN2C(=O)c1cc([N+](=O)[O-])cc([N+](=O)[O-])c1C. The van der Waals surface area contributed by atoms with E-state index < -0.39 is 27.1 Å². The zero-order valence-corrected chi connectivity index (χ0v) is 14.4. The van der Waals surface area contributed by atoms with Gasteiger partial charge in [-0.1, -0.05) is 17.7 Å². The minimum absolute atomic E-state index is 0.0145. The van der Waals surface area contributed by atoms with E-state index in [1.807, 2.05) is 25.1 Å². The first-order valence-electron chi connectivity index (χ1n) is 8.14. The molecule has 1 amide bonds. The Morgan fingerprint density at radius 1 is 1.08 bits per heavy atom. The van der Waals surface area contributed by atoms with Gasteiger partial charge in [0.15, 0.2) is 0 Å². The normalized spacial score (nSPS) is 13.2. The van der Waals surface area contributed by atoms with Crippen molar-refractivity contribution in [2.75, 3.05) is 11.4 Å². The van der Waals surface area contributed by atoms with Crippen molar-refractivity contribution in [2.24, 2.45) is 0 Å². The molecule has 0 N–H and O–H groups in total. The highest BCUT2D eigenvalue weighted by Gasteiger charge is 2.30. The molecule has 2 aromatic rings. The van der Waals surface area contributed by atoms with Gasteiger partial charge in [0.2, 0.25) is 0 Å². The monoisotopic (exact) mass is 355 g/mol. The highest BCUT2D eigenvalue weighted by atomic mass is 16.6. The number of amides is 1. The number of benzene rings is 2. The highest BCUT2D eigenvalue weighted by molar-refractivity contribution is 6.08. The Morgan fingerprint density at radius 2 is 1.81 bits per heavy atom. The third kappa shape index (κ3) is 3.01. The van der Waals surface area contributed by atoms with Crippen LogP contribution in [0.3, 0.4) is 0 Å². The van der Waals surface area contributed by atoms with Gasteiger partial charge < -0.3 is 4.90 Å². The number of carbonyl (C=O) groups excluding carboxylic acids is 1. The quantitative estimate of drug-likeness (QED) is 0.616. The van der Waals surface area contributed by atoms with Crippen LogP contribution in [-0.4, -0.2) is 22.3 Å². The smallest absolute Gasteiger partial charge is 0.279 e. The van der Waals surface area contributed by atoms with Gasteiger partial charge in [-0.3, -0.25) is 25.0 Å². The van der Waals surface area contributed by atoms with Gasteiger partial charge in [-0.25, -0.2) is 0 Å². The van der Waals surface area contributed by atoms with E-state index in [0.29, 0.717) is 6.54 Å². The molecule has 0 radical (unpaired) electrons. The lowest BCUT2D eigenvalue weighted by Crippen LogP contribution is -2.36. The number of nitro groups is 2. The van der Waals surface area contributed by atoms with Gasteiger partial charge in [0.05, 0.1) is 21.5 Å². The largest absolute Gasteiger partial charge is 0.308 e. The summed E-state index contributed by atoms with van der Waals surface area (Å²) in [6.45, 7) is 3.87. The number of non-ortho nitro benzene ring substituents is 1. The van der Waals surface area contributed by atoms with E-state index in [1.54, 1.807) is 4.90 Å². The standard InChI is InChI=1S/C18H17N3O5/c1-11-5-6-16-13(8-11)4-3-7-19(16)18(22)15-9-14(20(23)24)10-17(12(15)2)21(25)26/h5-6,8-10H,3-4,7H2,1-2H3. The summed E-state index contributed by atoms with van der Waals surface area (Å²) in [5.74, 6) is -0.459. The predicted octanol–water partition coefficient (Wildman–Crippen LogP) is 3.71. The number of nitro benzene ring substituents is 2. The Morgan fingerprint density at radius 3 is 2.46 bits per heavy atom. The van der Waals surface area contributed by atoms with Crippen LogP contribution in [0.2, 0.25) is 0 Å². The molecule has 8 heteroatoms. The van der Waals surface area contributed by atoms with Crippen molar-refractivity contribution in [3.8, 4) is 0 Å². The third-order valence-corrected chi connectivity index (χ3v) is 4.60. The number of nitrogens with zero attached hydrogens (tertiary/aromatic N) is 3. The molecule has 0 aromatic heterocycles. The molecule has 2 aromatic carbocycles. The summed E-state index contributed by atoms with van der Waals surface area (Å²) in [7, 11) is 0. The molecule has 0 fully saturated rings. The summed E-state index contributed by atoms with van der Waals surface area (Å²) in [5.41, 5.74) is 2.09. The molecule has 26 heavy (non-hydrogen) atoms. The Bertz CT molecular complexity index is 939. The first-order valence-corrected chi connectivity index (χ1v) is 8.14. The lowest BCUT2D eigenvalue weighted by molar-refractivity contribution is -0.394. The zero-order chi connectivity index (χ0) is 19.0. The summed E-state index contributed by atoms with van der Waals surface area (Å²) in [6, 6.07) is 7.76. The molecule has 0 atom stereocenters. The van der Waals surface area contributed by atoms with Crippen LogP contribution in [0.25, 0.3) is 0 Å². The van der Waals surface area contributed by atoms with Crippen molar-refractivity contribution in [3.05, 3.63) is 72.8 Å². The van der Waals surface area contributed by atoms with E-state index >= 15 is 0 Å². The fraction of sp³-hybridized carbons (Fsp3) is 0.278. The van der Waals surface area contributed by atoms with Crippen molar-refractivity contribution < 1.29 is 14.6 Å². The minimum atomic E-state index is -0.725. The van der Waals surface area contributed by atoms with Gasteiger partial charge in [-0.2, -0.15) is 0 Å². The molecule has 0 unspecified atom stereocenters. The average Bonchev–Trinajstić information content (AvgIpc) is 2.60. The maximum Gasteiger partial charge on any atom is 0.279 e. The van der Waals surface area contributed by atoms with Crippen LogP contribution in [0.4, 0.5) is 17.1 Å². The zero-order valence-electron chi connectivity index (χ0n) is 14.4. The third-order valence-electron chi connectivity index (χ3n) is 4.60. The molecule has 0 bridgehead atoms. The molecule has 0 spiro atoms. The summed E-state index contributed by atoms with van der Waals surface area (Å²) in [5, 5.41) is 22.4. The van der Waals surface area contributed by atoms with E-state index in [4.69, 9.17) is 0 Å². The van der Waals surface area contributed by atoms with Crippen LogP contribution in [0.15, 0.2) is 30.3 Å².